The topological polar surface area (TPSA) is 173 Å². The molecule has 4 atom stereocenters. The predicted molar refractivity (Wildman–Crippen MR) is 66.8 cm³/mol. The zero-order valence-electron chi connectivity index (χ0n) is 10.4. The van der Waals surface area contributed by atoms with E-state index in [9.17, 15) is 24.6 Å². The molecule has 1 aliphatic rings. The number of aliphatic hydroxyl groups excluding tert-OH is 3. The van der Waals surface area contributed by atoms with Gasteiger partial charge in [-0.1, -0.05) is 0 Å². The van der Waals surface area contributed by atoms with Gasteiger partial charge in [0, 0.05) is 0 Å². The molecule has 0 unspecified atom stereocenters. The van der Waals surface area contributed by atoms with Crippen LogP contribution in [0.5, 0.6) is 0 Å². The number of nitrogens with one attached hydrogen (secondary N) is 3. The van der Waals surface area contributed by atoms with Crippen molar-refractivity contribution < 1.29 is 20.1 Å². The Morgan fingerprint density at radius 2 is 1.81 bits per heavy atom. The Morgan fingerprint density at radius 3 is 2.43 bits per heavy atom. The maximum absolute atomic E-state index is 11.9. The molecule has 0 aromatic carbocycles. The van der Waals surface area contributed by atoms with E-state index in [1.165, 1.54) is 0 Å². The number of aliphatic hydroxyl groups is 3. The number of rotatable bonds is 2. The highest BCUT2D eigenvalue weighted by Crippen LogP contribution is 2.29. The molecular weight excluding hydrogens is 288 g/mol. The minimum atomic E-state index is -1.52. The van der Waals surface area contributed by atoms with Gasteiger partial charge in [-0.3, -0.25) is 24.3 Å². The van der Waals surface area contributed by atoms with Crippen molar-refractivity contribution in [1.29, 1.82) is 0 Å². The summed E-state index contributed by atoms with van der Waals surface area (Å²) in [6, 6.07) is 0. The number of aromatic amines is 3. The van der Waals surface area contributed by atoms with Crippen molar-refractivity contribution in [3.8, 4) is 0 Å². The third-order valence-electron chi connectivity index (χ3n) is 3.38. The molecule has 2 aromatic rings. The van der Waals surface area contributed by atoms with Crippen molar-refractivity contribution >= 4 is 11.2 Å². The highest BCUT2D eigenvalue weighted by atomic mass is 16.6. The number of H-pyrrole nitrogens is 3. The first-order chi connectivity index (χ1) is 9.93. The molecule has 1 aliphatic heterocycles. The Hall–Kier alpha value is -2.21. The Labute approximate surface area is 114 Å². The number of fused-ring (bicyclic) bond motifs is 1. The molecule has 11 heteroatoms. The average Bonchev–Trinajstić information content (AvgIpc) is 2.88. The Balaban J connectivity index is 2.22. The van der Waals surface area contributed by atoms with Gasteiger partial charge in [0.1, 0.15) is 24.0 Å². The standard InChI is InChI=1S/C10H12N4O7/c15-1-2-4(16)5(17)8(21-2)14-3-6(12-10(14)20)11-9(19)13-7(3)18/h2,4-5,8,15-17H,1H2,(H3,11,12,13,18,19,20)/t2-,4-,5-,8-/m1/s1. The lowest BCUT2D eigenvalue weighted by molar-refractivity contribution is -0.0523. The minimum Gasteiger partial charge on any atom is -0.394 e. The molecule has 0 saturated carbocycles. The van der Waals surface area contributed by atoms with Gasteiger partial charge in [0.05, 0.1) is 6.61 Å². The minimum absolute atomic E-state index is 0.133. The van der Waals surface area contributed by atoms with Crippen LogP contribution in [-0.4, -0.2) is 59.8 Å². The first-order valence-corrected chi connectivity index (χ1v) is 6.03. The second-order valence-corrected chi connectivity index (χ2v) is 4.66. The fourth-order valence-electron chi connectivity index (χ4n) is 2.40. The molecule has 0 bridgehead atoms. The molecule has 21 heavy (non-hydrogen) atoms. The van der Waals surface area contributed by atoms with Crippen LogP contribution < -0.4 is 16.9 Å². The van der Waals surface area contributed by atoms with E-state index in [0.717, 1.165) is 4.57 Å². The molecule has 6 N–H and O–H groups in total. The van der Waals surface area contributed by atoms with Crippen LogP contribution in [0.15, 0.2) is 14.4 Å². The molecule has 0 aliphatic carbocycles. The first-order valence-electron chi connectivity index (χ1n) is 6.03. The summed E-state index contributed by atoms with van der Waals surface area (Å²) in [5, 5.41) is 28.7. The number of ether oxygens (including phenoxy) is 1. The van der Waals surface area contributed by atoms with Gasteiger partial charge in [-0.25, -0.2) is 9.59 Å². The highest BCUT2D eigenvalue weighted by molar-refractivity contribution is 5.69. The zero-order chi connectivity index (χ0) is 15.3. The quantitative estimate of drug-likeness (QED) is 0.331. The van der Waals surface area contributed by atoms with E-state index in [0.29, 0.717) is 0 Å². The summed E-state index contributed by atoms with van der Waals surface area (Å²) in [5.41, 5.74) is -2.85. The van der Waals surface area contributed by atoms with Gasteiger partial charge >= 0.3 is 11.4 Å². The lowest BCUT2D eigenvalue weighted by Crippen LogP contribution is -2.35. The van der Waals surface area contributed by atoms with E-state index in [1.54, 1.807) is 0 Å². The van der Waals surface area contributed by atoms with Crippen molar-refractivity contribution in [3.05, 3.63) is 31.3 Å². The summed E-state index contributed by atoms with van der Waals surface area (Å²) in [6.07, 6.45) is -5.40. The summed E-state index contributed by atoms with van der Waals surface area (Å²) in [6.45, 7) is -0.570. The van der Waals surface area contributed by atoms with Gasteiger partial charge in [-0.15, -0.1) is 0 Å². The zero-order valence-corrected chi connectivity index (χ0v) is 10.4. The van der Waals surface area contributed by atoms with Gasteiger partial charge in [0.2, 0.25) is 0 Å². The maximum Gasteiger partial charge on any atom is 0.330 e. The van der Waals surface area contributed by atoms with Crippen molar-refractivity contribution in [3.63, 3.8) is 0 Å². The SMILES string of the molecule is O=c1[nH]c(=O)c2c([nH]1)[nH]c(=O)n2[C@@H]1O[C@H](CO)[C@@H](O)[C@H]1O. The van der Waals surface area contributed by atoms with Gasteiger partial charge in [-0.05, 0) is 0 Å². The molecule has 3 heterocycles. The summed E-state index contributed by atoms with van der Waals surface area (Å²) >= 11 is 0. The van der Waals surface area contributed by atoms with Crippen LogP contribution in [0.25, 0.3) is 11.2 Å². The normalized spacial score (nSPS) is 29.3. The number of imidazole rings is 1. The van der Waals surface area contributed by atoms with Crippen LogP contribution in [0.2, 0.25) is 0 Å². The molecule has 2 aromatic heterocycles. The van der Waals surface area contributed by atoms with Crippen molar-refractivity contribution in [2.75, 3.05) is 6.61 Å². The van der Waals surface area contributed by atoms with E-state index in [1.807, 2.05) is 4.98 Å². The average molecular weight is 300 g/mol. The Morgan fingerprint density at radius 1 is 1.10 bits per heavy atom. The van der Waals surface area contributed by atoms with Crippen molar-refractivity contribution in [2.24, 2.45) is 0 Å². The van der Waals surface area contributed by atoms with Gasteiger partial charge in [-0.2, -0.15) is 0 Å². The van der Waals surface area contributed by atoms with Crippen LogP contribution in [0.3, 0.4) is 0 Å². The van der Waals surface area contributed by atoms with Crippen LogP contribution in [0.1, 0.15) is 6.23 Å². The molecule has 114 valence electrons. The number of aromatic nitrogens is 4. The van der Waals surface area contributed by atoms with E-state index in [-0.39, 0.29) is 11.2 Å². The van der Waals surface area contributed by atoms with Gasteiger partial charge in [0.15, 0.2) is 11.7 Å². The van der Waals surface area contributed by atoms with Crippen LogP contribution in [0, 0.1) is 0 Å². The largest absolute Gasteiger partial charge is 0.394 e. The second-order valence-electron chi connectivity index (χ2n) is 4.66. The molecule has 0 radical (unpaired) electrons. The van der Waals surface area contributed by atoms with Crippen molar-refractivity contribution in [2.45, 2.75) is 24.5 Å². The maximum atomic E-state index is 11.9. The predicted octanol–water partition coefficient (Wildman–Crippen LogP) is -3.68. The highest BCUT2D eigenvalue weighted by Gasteiger charge is 2.44. The lowest BCUT2D eigenvalue weighted by Gasteiger charge is -2.15. The van der Waals surface area contributed by atoms with E-state index < -0.39 is 48.1 Å². The van der Waals surface area contributed by atoms with E-state index >= 15 is 0 Å². The number of hydrogen-bond donors (Lipinski definition) is 6. The number of hydrogen-bond acceptors (Lipinski definition) is 7. The van der Waals surface area contributed by atoms with Crippen LogP contribution >= 0.6 is 0 Å². The van der Waals surface area contributed by atoms with Crippen LogP contribution in [-0.2, 0) is 4.74 Å². The first kappa shape index (κ1) is 13.8. The molecule has 0 spiro atoms. The summed E-state index contributed by atoms with van der Waals surface area (Å²) in [5.74, 6) is 0. The third kappa shape index (κ3) is 1.94. The van der Waals surface area contributed by atoms with E-state index in [4.69, 9.17) is 9.84 Å². The summed E-state index contributed by atoms with van der Waals surface area (Å²) < 4.78 is 5.99. The summed E-state index contributed by atoms with van der Waals surface area (Å²) in [4.78, 5) is 41.4. The molecule has 0 amide bonds. The molecule has 1 saturated heterocycles. The Kier molecular flexibility index (Phi) is 3.06. The lowest BCUT2D eigenvalue weighted by atomic mass is 10.1. The molecular formula is C10H12N4O7. The molecule has 1 fully saturated rings. The molecule has 3 rings (SSSR count). The van der Waals surface area contributed by atoms with Crippen LogP contribution in [0.4, 0.5) is 0 Å². The monoisotopic (exact) mass is 300 g/mol. The van der Waals surface area contributed by atoms with Crippen molar-refractivity contribution in [1.82, 2.24) is 19.5 Å². The van der Waals surface area contributed by atoms with Gasteiger partial charge < -0.3 is 20.1 Å². The second kappa shape index (κ2) is 4.66. The number of nitrogens with zero attached hydrogens (tertiary/aromatic N) is 1. The van der Waals surface area contributed by atoms with E-state index in [2.05, 4.69) is 9.97 Å². The fourth-order valence-corrected chi connectivity index (χ4v) is 2.40. The Bertz CT molecular complexity index is 845. The molecule has 11 nitrogen and oxygen atoms in total. The summed E-state index contributed by atoms with van der Waals surface area (Å²) in [7, 11) is 0. The smallest absolute Gasteiger partial charge is 0.330 e. The fraction of sp³-hybridized carbons (Fsp3) is 0.500. The third-order valence-corrected chi connectivity index (χ3v) is 3.38. The van der Waals surface area contributed by atoms with Gasteiger partial charge in [0.25, 0.3) is 5.56 Å².